The highest BCUT2D eigenvalue weighted by molar-refractivity contribution is 9.10. The van der Waals surface area contributed by atoms with E-state index in [1.165, 1.54) is 0 Å². The highest BCUT2D eigenvalue weighted by Gasteiger charge is 2.37. The van der Waals surface area contributed by atoms with Gasteiger partial charge in [-0.15, -0.1) is 11.8 Å². The van der Waals surface area contributed by atoms with Gasteiger partial charge in [0.2, 0.25) is 0 Å². The standard InChI is InChI=1S/C12H13BrO2S/c1-12(2)11(14)10-7(6-16-12)8(13)4-5-9(10)15-3/h4-5H,6H2,1-3H3. The number of methoxy groups -OCH3 is 1. The SMILES string of the molecule is COc1ccc(Br)c2c1C(=O)C(C)(C)SC2. The first-order chi connectivity index (χ1) is 7.47. The second kappa shape index (κ2) is 4.08. The van der Waals surface area contributed by atoms with E-state index in [0.29, 0.717) is 5.75 Å². The predicted octanol–water partition coefficient (Wildman–Crippen LogP) is 3.67. The Morgan fingerprint density at radius 2 is 2.12 bits per heavy atom. The van der Waals surface area contributed by atoms with Crippen molar-refractivity contribution in [1.82, 2.24) is 0 Å². The van der Waals surface area contributed by atoms with E-state index in [4.69, 9.17) is 4.74 Å². The zero-order valence-electron chi connectivity index (χ0n) is 9.46. The molecule has 86 valence electrons. The van der Waals surface area contributed by atoms with E-state index in [9.17, 15) is 4.79 Å². The smallest absolute Gasteiger partial charge is 0.182 e. The molecule has 4 heteroatoms. The first kappa shape index (κ1) is 12.0. The molecule has 0 saturated carbocycles. The van der Waals surface area contributed by atoms with Crippen LogP contribution in [0.3, 0.4) is 0 Å². The Bertz CT molecular complexity index is 455. The van der Waals surface area contributed by atoms with Gasteiger partial charge in [-0.3, -0.25) is 4.79 Å². The van der Waals surface area contributed by atoms with Crippen molar-refractivity contribution in [2.24, 2.45) is 0 Å². The summed E-state index contributed by atoms with van der Waals surface area (Å²) >= 11 is 5.16. The third-order valence-electron chi connectivity index (χ3n) is 2.79. The van der Waals surface area contributed by atoms with Gasteiger partial charge >= 0.3 is 0 Å². The van der Waals surface area contributed by atoms with Crippen molar-refractivity contribution in [3.05, 3.63) is 27.7 Å². The lowest BCUT2D eigenvalue weighted by molar-refractivity contribution is 0.0952. The molecule has 0 bridgehead atoms. The van der Waals surface area contributed by atoms with Gasteiger partial charge in [0, 0.05) is 10.2 Å². The van der Waals surface area contributed by atoms with E-state index in [1.807, 2.05) is 26.0 Å². The third kappa shape index (κ3) is 1.78. The number of carbonyl (C=O) groups excluding carboxylic acids is 1. The molecule has 0 saturated heterocycles. The largest absolute Gasteiger partial charge is 0.496 e. The second-order valence-electron chi connectivity index (χ2n) is 4.23. The molecule has 1 aromatic rings. The van der Waals surface area contributed by atoms with E-state index in [0.717, 1.165) is 21.4 Å². The highest BCUT2D eigenvalue weighted by atomic mass is 79.9. The Hall–Kier alpha value is -0.480. The monoisotopic (exact) mass is 300 g/mol. The van der Waals surface area contributed by atoms with Crippen LogP contribution in [0.2, 0.25) is 0 Å². The van der Waals surface area contributed by atoms with Gasteiger partial charge in [0.05, 0.1) is 17.4 Å². The zero-order valence-corrected chi connectivity index (χ0v) is 11.9. The number of ether oxygens (including phenoxy) is 1. The molecule has 0 aliphatic carbocycles. The minimum atomic E-state index is -0.360. The molecule has 1 aromatic carbocycles. The molecular weight excluding hydrogens is 288 g/mol. The van der Waals surface area contributed by atoms with Crippen LogP contribution in [0.4, 0.5) is 0 Å². The van der Waals surface area contributed by atoms with Gasteiger partial charge in [0.25, 0.3) is 0 Å². The summed E-state index contributed by atoms with van der Waals surface area (Å²) in [6, 6.07) is 3.77. The fourth-order valence-corrected chi connectivity index (χ4v) is 3.47. The predicted molar refractivity (Wildman–Crippen MR) is 70.4 cm³/mol. The Labute approximate surface area is 108 Å². The van der Waals surface area contributed by atoms with Gasteiger partial charge in [-0.05, 0) is 31.5 Å². The van der Waals surface area contributed by atoms with E-state index in [-0.39, 0.29) is 10.5 Å². The summed E-state index contributed by atoms with van der Waals surface area (Å²) in [5, 5.41) is 0. The van der Waals surface area contributed by atoms with Gasteiger partial charge in [-0.1, -0.05) is 15.9 Å². The lowest BCUT2D eigenvalue weighted by Gasteiger charge is -2.30. The normalized spacial score (nSPS) is 18.1. The van der Waals surface area contributed by atoms with Crippen molar-refractivity contribution in [3.63, 3.8) is 0 Å². The second-order valence-corrected chi connectivity index (χ2v) is 6.68. The number of thioether (sulfide) groups is 1. The molecule has 0 radical (unpaired) electrons. The molecule has 0 N–H and O–H groups in total. The Kier molecular flexibility index (Phi) is 3.05. The summed E-state index contributed by atoms with van der Waals surface area (Å²) in [5.74, 6) is 1.67. The van der Waals surface area contributed by atoms with Crippen LogP contribution >= 0.6 is 27.7 Å². The number of benzene rings is 1. The minimum absolute atomic E-state index is 0.150. The van der Waals surface area contributed by atoms with Crippen molar-refractivity contribution in [3.8, 4) is 5.75 Å². The molecule has 0 unspecified atom stereocenters. The zero-order chi connectivity index (χ0) is 11.9. The summed E-state index contributed by atoms with van der Waals surface area (Å²) < 4.78 is 5.91. The number of Topliss-reactive ketones (excluding diaryl/α,β-unsaturated/α-hetero) is 1. The Balaban J connectivity index is 2.65. The van der Waals surface area contributed by atoms with E-state index in [2.05, 4.69) is 15.9 Å². The number of hydrogen-bond acceptors (Lipinski definition) is 3. The number of hydrogen-bond donors (Lipinski definition) is 0. The van der Waals surface area contributed by atoms with Gasteiger partial charge in [-0.25, -0.2) is 0 Å². The van der Waals surface area contributed by atoms with Gasteiger partial charge in [-0.2, -0.15) is 0 Å². The van der Waals surface area contributed by atoms with E-state index in [1.54, 1.807) is 18.9 Å². The first-order valence-corrected chi connectivity index (χ1v) is 6.79. The van der Waals surface area contributed by atoms with Crippen LogP contribution in [0.15, 0.2) is 16.6 Å². The van der Waals surface area contributed by atoms with Crippen LogP contribution in [-0.4, -0.2) is 17.6 Å². The van der Waals surface area contributed by atoms with Crippen molar-refractivity contribution < 1.29 is 9.53 Å². The average Bonchev–Trinajstić information content (AvgIpc) is 2.24. The van der Waals surface area contributed by atoms with Crippen LogP contribution < -0.4 is 4.74 Å². The number of ketones is 1. The number of rotatable bonds is 1. The molecular formula is C12H13BrO2S. The van der Waals surface area contributed by atoms with Gasteiger partial charge in [0.15, 0.2) is 5.78 Å². The first-order valence-electron chi connectivity index (χ1n) is 5.01. The highest BCUT2D eigenvalue weighted by Crippen LogP contribution is 2.43. The third-order valence-corrected chi connectivity index (χ3v) is 4.87. The fourth-order valence-electron chi connectivity index (χ4n) is 1.78. The molecule has 1 aliphatic heterocycles. The lowest BCUT2D eigenvalue weighted by atomic mass is 9.94. The van der Waals surface area contributed by atoms with E-state index < -0.39 is 0 Å². The molecule has 2 nitrogen and oxygen atoms in total. The molecule has 0 fully saturated rings. The average molecular weight is 301 g/mol. The molecule has 1 heterocycles. The summed E-state index contributed by atoms with van der Waals surface area (Å²) in [5.41, 5.74) is 1.79. The minimum Gasteiger partial charge on any atom is -0.496 e. The van der Waals surface area contributed by atoms with Crippen molar-refractivity contribution in [1.29, 1.82) is 0 Å². The quantitative estimate of drug-likeness (QED) is 0.792. The van der Waals surface area contributed by atoms with E-state index >= 15 is 0 Å². The van der Waals surface area contributed by atoms with Gasteiger partial charge < -0.3 is 4.74 Å². The summed E-state index contributed by atoms with van der Waals surface area (Å²) in [6.45, 7) is 3.92. The van der Waals surface area contributed by atoms with Crippen molar-refractivity contribution in [2.45, 2.75) is 24.3 Å². The molecule has 0 atom stereocenters. The van der Waals surface area contributed by atoms with Crippen LogP contribution in [0.25, 0.3) is 0 Å². The molecule has 16 heavy (non-hydrogen) atoms. The lowest BCUT2D eigenvalue weighted by Crippen LogP contribution is -2.33. The molecule has 0 spiro atoms. The van der Waals surface area contributed by atoms with Crippen molar-refractivity contribution in [2.75, 3.05) is 7.11 Å². The van der Waals surface area contributed by atoms with Gasteiger partial charge in [0.1, 0.15) is 5.75 Å². The van der Waals surface area contributed by atoms with Crippen LogP contribution in [0, 0.1) is 0 Å². The topological polar surface area (TPSA) is 26.3 Å². The summed E-state index contributed by atoms with van der Waals surface area (Å²) in [7, 11) is 1.60. The number of carbonyl (C=O) groups is 1. The number of fused-ring (bicyclic) bond motifs is 1. The molecule has 1 aliphatic rings. The van der Waals surface area contributed by atoms with Crippen molar-refractivity contribution >= 4 is 33.5 Å². The summed E-state index contributed by atoms with van der Waals surface area (Å²) in [4.78, 5) is 12.3. The maximum absolute atomic E-state index is 12.3. The van der Waals surface area contributed by atoms with Crippen LogP contribution in [0.5, 0.6) is 5.75 Å². The molecule has 2 rings (SSSR count). The van der Waals surface area contributed by atoms with Crippen LogP contribution in [-0.2, 0) is 5.75 Å². The Morgan fingerprint density at radius 3 is 2.75 bits per heavy atom. The van der Waals surface area contributed by atoms with Crippen LogP contribution in [0.1, 0.15) is 29.8 Å². The number of halogens is 1. The molecule has 0 aromatic heterocycles. The fraction of sp³-hybridized carbons (Fsp3) is 0.417. The Morgan fingerprint density at radius 1 is 1.44 bits per heavy atom. The molecule has 0 amide bonds. The summed E-state index contributed by atoms with van der Waals surface area (Å²) in [6.07, 6.45) is 0. The maximum atomic E-state index is 12.3. The maximum Gasteiger partial charge on any atom is 0.182 e.